The fraction of sp³-hybridized carbons (Fsp3) is 0.804. The highest BCUT2D eigenvalue weighted by Crippen LogP contribution is 2.46. The molecule has 4 N–H and O–H groups in total. The smallest absolute Gasteiger partial charge is 0.131 e. The van der Waals surface area contributed by atoms with E-state index in [1.807, 2.05) is 19.1 Å². The van der Waals surface area contributed by atoms with Gasteiger partial charge in [0.05, 0.1) is 0 Å². The maximum atomic E-state index is 11.4. The van der Waals surface area contributed by atoms with Gasteiger partial charge in [-0.3, -0.25) is 0 Å². The van der Waals surface area contributed by atoms with E-state index in [4.69, 9.17) is 18.9 Å². The van der Waals surface area contributed by atoms with E-state index in [9.17, 15) is 20.8 Å². The lowest BCUT2D eigenvalue weighted by molar-refractivity contribution is -0.222. The van der Waals surface area contributed by atoms with Crippen molar-refractivity contribution in [2.75, 3.05) is 6.54 Å². The first-order valence-corrected chi connectivity index (χ1v) is 24.2. The molecule has 3 aliphatic heterocycles. The van der Waals surface area contributed by atoms with Gasteiger partial charge in [-0.15, -0.1) is 0 Å². The maximum absolute atomic E-state index is 11.4. The van der Waals surface area contributed by atoms with Crippen LogP contribution in [0.1, 0.15) is 194 Å². The zero-order chi connectivity index (χ0) is 47.1. The highest BCUT2D eigenvalue weighted by Gasteiger charge is 2.45. The Morgan fingerprint density at radius 3 is 1.38 bits per heavy atom. The first-order valence-electron chi connectivity index (χ1n) is 24.2. The van der Waals surface area contributed by atoms with Crippen molar-refractivity contribution in [3.8, 4) is 23.0 Å². The molecule has 3 fully saturated rings. The molecule has 0 spiro atoms. The molecule has 0 bridgehead atoms. The van der Waals surface area contributed by atoms with Gasteiger partial charge >= 0.3 is 0 Å². The van der Waals surface area contributed by atoms with E-state index >= 15 is 0 Å². The van der Waals surface area contributed by atoms with Crippen LogP contribution < -0.4 is 18.9 Å². The number of ether oxygens (including phenoxy) is 4. The quantitative estimate of drug-likeness (QED) is 0.127. The number of hydrogen-bond donors (Lipinski definition) is 4. The third-order valence-electron chi connectivity index (χ3n) is 14.6. The first-order chi connectivity index (χ1) is 28.9. The lowest BCUT2D eigenvalue weighted by Gasteiger charge is -2.42. The third-order valence-corrected chi connectivity index (χ3v) is 14.6. The van der Waals surface area contributed by atoms with Crippen LogP contribution in [-0.2, 0) is 0 Å². The van der Waals surface area contributed by atoms with Gasteiger partial charge in [-0.2, -0.15) is 20.3 Å². The Hall–Kier alpha value is -2.42. The molecule has 0 amide bonds. The molecule has 2 aromatic rings. The topological polar surface area (TPSA) is 131 Å². The fourth-order valence-corrected chi connectivity index (χ4v) is 11.0. The van der Waals surface area contributed by atoms with Gasteiger partial charge in [0.2, 0.25) is 0 Å². The summed E-state index contributed by atoms with van der Waals surface area (Å²) in [7, 11) is 0. The Morgan fingerprint density at radius 1 is 0.603 bits per heavy atom. The van der Waals surface area contributed by atoms with Crippen molar-refractivity contribution in [2.45, 2.75) is 257 Å². The van der Waals surface area contributed by atoms with Crippen LogP contribution in [0.4, 0.5) is 0 Å². The first kappa shape index (κ1) is 51.6. The van der Waals surface area contributed by atoms with Gasteiger partial charge in [-0.25, -0.2) is 0 Å². The van der Waals surface area contributed by atoms with E-state index in [1.165, 1.54) is 20.3 Å². The van der Waals surface area contributed by atoms with Crippen molar-refractivity contribution in [1.82, 2.24) is 20.3 Å². The van der Waals surface area contributed by atoms with Gasteiger partial charge < -0.3 is 39.8 Å². The number of rotatable bonds is 15. The van der Waals surface area contributed by atoms with Crippen molar-refractivity contribution in [3.63, 3.8) is 0 Å². The van der Waals surface area contributed by atoms with Crippen LogP contribution in [0.15, 0.2) is 24.3 Å². The predicted octanol–water partition coefficient (Wildman–Crippen LogP) is 12.2. The van der Waals surface area contributed by atoms with Crippen molar-refractivity contribution in [2.24, 2.45) is 0 Å². The average Bonchev–Trinajstić information content (AvgIpc) is 3.35. The number of benzene rings is 2. The predicted molar refractivity (Wildman–Crippen MR) is 251 cm³/mol. The molecule has 2 aromatic carbocycles. The van der Waals surface area contributed by atoms with Crippen molar-refractivity contribution in [1.29, 1.82) is 0 Å². The molecule has 5 rings (SSSR count). The molecule has 3 saturated heterocycles. The van der Waals surface area contributed by atoms with Gasteiger partial charge in [0.25, 0.3) is 0 Å². The number of nitrogens with zero attached hydrogens (tertiary/aromatic N) is 4. The zero-order valence-corrected chi connectivity index (χ0v) is 42.2. The molecule has 360 valence electrons. The molecule has 4 atom stereocenters. The van der Waals surface area contributed by atoms with Crippen LogP contribution in [0.3, 0.4) is 0 Å². The van der Waals surface area contributed by atoms with Crippen LogP contribution in [-0.4, -0.2) is 111 Å². The summed E-state index contributed by atoms with van der Waals surface area (Å²) in [5, 5.41) is 52.7. The summed E-state index contributed by atoms with van der Waals surface area (Å²) in [5.41, 5.74) is -3.44. The van der Waals surface area contributed by atoms with Crippen LogP contribution in [0.2, 0.25) is 0 Å². The molecule has 3 aliphatic rings. The molecule has 12 nitrogen and oxygen atoms in total. The summed E-state index contributed by atoms with van der Waals surface area (Å²) in [6, 6.07) is 8.17. The summed E-state index contributed by atoms with van der Waals surface area (Å²) in [4.78, 5) is 0. The second-order valence-electron chi connectivity index (χ2n) is 23.8. The Kier molecular flexibility index (Phi) is 15.6. The molecular formula is C51H88N4O8. The minimum atomic E-state index is -0.551. The summed E-state index contributed by atoms with van der Waals surface area (Å²) >= 11 is 0. The molecule has 63 heavy (non-hydrogen) atoms. The molecule has 4 unspecified atom stereocenters. The monoisotopic (exact) mass is 885 g/mol. The van der Waals surface area contributed by atoms with Gasteiger partial charge in [0.1, 0.15) is 47.4 Å². The van der Waals surface area contributed by atoms with Gasteiger partial charge in [-0.1, -0.05) is 26.7 Å². The molecule has 0 aliphatic carbocycles. The third kappa shape index (κ3) is 12.1. The highest BCUT2D eigenvalue weighted by atomic mass is 16.5. The van der Waals surface area contributed by atoms with Gasteiger partial charge in [-0.05, 0) is 154 Å². The Bertz CT molecular complexity index is 1840. The van der Waals surface area contributed by atoms with E-state index in [0.29, 0.717) is 55.2 Å². The second-order valence-corrected chi connectivity index (χ2v) is 23.8. The number of hydrogen-bond acceptors (Lipinski definition) is 12. The maximum Gasteiger partial charge on any atom is 0.131 e. The standard InChI is InChI=1S/C51H88N4O8/c1-17-19-20-35(31-48(9,10)52(56)18-2)60-39-27-41-42(43(29-39)62-37-22-25-46(5,6)54(58)50(13,14)33-37)28-40(61-36-21-24-45(3,4)53(57)49(11,12)32-36)30-44(41)63-38-23-26-47(7,8)55(59)51(15,16)34-38/h27-30,35-38,56-59H,17-26,31-34H2,1-16H3. The lowest BCUT2D eigenvalue weighted by atomic mass is 9.93. The Labute approximate surface area is 381 Å². The van der Waals surface area contributed by atoms with E-state index in [1.54, 1.807) is 0 Å². The summed E-state index contributed by atoms with van der Waals surface area (Å²) in [6.45, 7) is 33.6. The van der Waals surface area contributed by atoms with E-state index < -0.39 is 38.8 Å². The van der Waals surface area contributed by atoms with Gasteiger partial charge in [0.15, 0.2) is 0 Å². The van der Waals surface area contributed by atoms with E-state index in [-0.39, 0.29) is 24.4 Å². The summed E-state index contributed by atoms with van der Waals surface area (Å²) in [6.07, 6.45) is 8.96. The average molecular weight is 885 g/mol. The molecule has 0 saturated carbocycles. The Morgan fingerprint density at radius 2 is 0.984 bits per heavy atom. The highest BCUT2D eigenvalue weighted by molar-refractivity contribution is 5.95. The molecular weight excluding hydrogens is 797 g/mol. The van der Waals surface area contributed by atoms with Crippen molar-refractivity contribution >= 4 is 10.8 Å². The second kappa shape index (κ2) is 19.1. The normalized spacial score (nSPS) is 27.0. The molecule has 0 aromatic heterocycles. The number of hydroxylamine groups is 8. The van der Waals surface area contributed by atoms with E-state index in [0.717, 1.165) is 68.6 Å². The van der Waals surface area contributed by atoms with Gasteiger partial charge in [0, 0.05) is 93.9 Å². The molecule has 3 heterocycles. The van der Waals surface area contributed by atoms with Crippen LogP contribution >= 0.6 is 0 Å². The zero-order valence-electron chi connectivity index (χ0n) is 42.2. The number of unbranched alkanes of at least 4 members (excludes halogenated alkanes) is 1. The lowest BCUT2D eigenvalue weighted by Crippen LogP contribution is -2.52. The molecule has 0 radical (unpaired) electrons. The van der Waals surface area contributed by atoms with Crippen LogP contribution in [0.25, 0.3) is 10.8 Å². The summed E-state index contributed by atoms with van der Waals surface area (Å²) < 4.78 is 28.5. The SMILES string of the molecule is CCCCC(CC(C)(C)N(O)CC)Oc1cc(OC2CCC(C)(C)N(O)C(C)(C)C2)c2cc(OC3CCC(C)(C)N(O)C(C)(C)C3)cc(OC3CCC(C)(C)N(O)C(C)(C)C3)c2c1. The number of fused-ring (bicyclic) bond motifs is 1. The largest absolute Gasteiger partial charge is 0.490 e. The van der Waals surface area contributed by atoms with Crippen molar-refractivity contribution in [3.05, 3.63) is 24.3 Å². The van der Waals surface area contributed by atoms with Crippen LogP contribution in [0, 0.1) is 0 Å². The minimum absolute atomic E-state index is 0.174. The molecule has 12 heteroatoms. The van der Waals surface area contributed by atoms with Crippen LogP contribution in [0.5, 0.6) is 23.0 Å². The van der Waals surface area contributed by atoms with E-state index in [2.05, 4.69) is 116 Å². The Balaban J connectivity index is 1.69. The minimum Gasteiger partial charge on any atom is -0.490 e. The summed E-state index contributed by atoms with van der Waals surface area (Å²) in [5.74, 6) is 2.63. The fourth-order valence-electron chi connectivity index (χ4n) is 11.0. The van der Waals surface area contributed by atoms with Crippen molar-refractivity contribution < 1.29 is 39.8 Å².